The molecular weight excluding hydrogens is 276 g/mol. The molecule has 0 bridgehead atoms. The Morgan fingerprint density at radius 2 is 1.68 bits per heavy atom. The molecule has 3 saturated carbocycles. The Morgan fingerprint density at radius 3 is 2.23 bits per heavy atom. The van der Waals surface area contributed by atoms with Gasteiger partial charge >= 0.3 is 0 Å². The molecule has 116 valence electrons. The van der Waals surface area contributed by atoms with E-state index in [2.05, 4.69) is 10.2 Å². The molecule has 22 heavy (non-hydrogen) atoms. The third kappa shape index (κ3) is 3.16. The minimum Gasteiger partial charge on any atom is -0.349 e. The molecule has 4 heteroatoms. The topological polar surface area (TPSA) is 49.4 Å². The Kier molecular flexibility index (Phi) is 3.40. The van der Waals surface area contributed by atoms with Crippen molar-refractivity contribution in [1.82, 2.24) is 10.2 Å². The molecule has 0 spiro atoms. The number of carbonyl (C=O) groups is 2. The van der Waals surface area contributed by atoms with Crippen LogP contribution in [0, 0.1) is 5.92 Å². The van der Waals surface area contributed by atoms with E-state index >= 15 is 0 Å². The van der Waals surface area contributed by atoms with Gasteiger partial charge in [-0.3, -0.25) is 9.59 Å². The number of nitrogens with zero attached hydrogens (tertiary/aromatic N) is 1. The third-order valence-corrected chi connectivity index (χ3v) is 4.68. The van der Waals surface area contributed by atoms with Gasteiger partial charge in [0.2, 0.25) is 5.91 Å². The predicted octanol–water partition coefficient (Wildman–Crippen LogP) is 2.48. The van der Waals surface area contributed by atoms with Crippen molar-refractivity contribution in [2.75, 3.05) is 0 Å². The van der Waals surface area contributed by atoms with Gasteiger partial charge in [-0.1, -0.05) is 12.1 Å². The molecule has 0 aliphatic heterocycles. The fourth-order valence-corrected chi connectivity index (χ4v) is 2.79. The van der Waals surface area contributed by atoms with Gasteiger partial charge in [-0.2, -0.15) is 0 Å². The summed E-state index contributed by atoms with van der Waals surface area (Å²) < 4.78 is 0. The van der Waals surface area contributed by atoms with Crippen LogP contribution in [0.4, 0.5) is 0 Å². The summed E-state index contributed by atoms with van der Waals surface area (Å²) in [5.41, 5.74) is 1.83. The fraction of sp³-hybridized carbons (Fsp3) is 0.556. The summed E-state index contributed by atoms with van der Waals surface area (Å²) >= 11 is 0. The van der Waals surface area contributed by atoms with Crippen molar-refractivity contribution in [3.8, 4) is 0 Å². The van der Waals surface area contributed by atoms with E-state index in [9.17, 15) is 9.59 Å². The second-order valence-corrected chi connectivity index (χ2v) is 6.92. The highest BCUT2D eigenvalue weighted by atomic mass is 16.2. The molecule has 1 N–H and O–H groups in total. The molecule has 0 heterocycles. The van der Waals surface area contributed by atoms with Gasteiger partial charge in [0.15, 0.2) is 0 Å². The second kappa shape index (κ2) is 5.41. The predicted molar refractivity (Wildman–Crippen MR) is 83.2 cm³/mol. The summed E-state index contributed by atoms with van der Waals surface area (Å²) in [4.78, 5) is 26.4. The Labute approximate surface area is 130 Å². The lowest BCUT2D eigenvalue weighted by molar-refractivity contribution is -0.133. The molecule has 0 unspecified atom stereocenters. The van der Waals surface area contributed by atoms with Crippen molar-refractivity contribution in [3.05, 3.63) is 35.4 Å². The molecule has 4 rings (SSSR count). The fourth-order valence-electron chi connectivity index (χ4n) is 2.79. The molecule has 3 fully saturated rings. The van der Waals surface area contributed by atoms with E-state index in [1.54, 1.807) is 0 Å². The van der Waals surface area contributed by atoms with Crippen molar-refractivity contribution >= 4 is 11.8 Å². The van der Waals surface area contributed by atoms with Crippen LogP contribution in [-0.4, -0.2) is 28.8 Å². The van der Waals surface area contributed by atoms with Gasteiger partial charge < -0.3 is 10.2 Å². The first kappa shape index (κ1) is 13.8. The zero-order valence-corrected chi connectivity index (χ0v) is 12.8. The number of nitrogens with one attached hydrogen (secondary N) is 1. The van der Waals surface area contributed by atoms with Crippen molar-refractivity contribution in [2.24, 2.45) is 5.92 Å². The maximum atomic E-state index is 12.4. The normalized spacial score (nSPS) is 20.5. The highest BCUT2D eigenvalue weighted by molar-refractivity contribution is 5.94. The number of carbonyl (C=O) groups excluding carboxylic acids is 2. The average molecular weight is 298 g/mol. The van der Waals surface area contributed by atoms with Crippen molar-refractivity contribution in [1.29, 1.82) is 0 Å². The van der Waals surface area contributed by atoms with E-state index in [4.69, 9.17) is 0 Å². The first-order valence-electron chi connectivity index (χ1n) is 8.41. The SMILES string of the molecule is O=C(NC1CC1)c1ccc(CN(C(=O)C2CC2)C2CC2)cc1. The van der Waals surface area contributed by atoms with E-state index in [-0.39, 0.29) is 11.8 Å². The standard InChI is InChI=1S/C18H22N2O2/c21-17(19-15-7-8-15)13-3-1-12(2-4-13)11-20(16-9-10-16)18(22)14-5-6-14/h1-4,14-16H,5-11H2,(H,19,21). The Balaban J connectivity index is 1.40. The van der Waals surface area contributed by atoms with Crippen molar-refractivity contribution < 1.29 is 9.59 Å². The number of hydrogen-bond acceptors (Lipinski definition) is 2. The molecule has 0 saturated heterocycles. The minimum atomic E-state index is 0.0159. The monoisotopic (exact) mass is 298 g/mol. The van der Waals surface area contributed by atoms with Crippen molar-refractivity contribution in [3.63, 3.8) is 0 Å². The van der Waals surface area contributed by atoms with Gasteiger partial charge in [0.1, 0.15) is 0 Å². The van der Waals surface area contributed by atoms with Crippen LogP contribution >= 0.6 is 0 Å². The number of rotatable bonds is 6. The van der Waals surface area contributed by atoms with Crippen LogP contribution in [-0.2, 0) is 11.3 Å². The quantitative estimate of drug-likeness (QED) is 0.877. The van der Waals surface area contributed by atoms with E-state index in [0.717, 1.165) is 44.1 Å². The molecule has 0 radical (unpaired) electrons. The summed E-state index contributed by atoms with van der Waals surface area (Å²) in [6.07, 6.45) is 6.60. The zero-order valence-electron chi connectivity index (χ0n) is 12.8. The van der Waals surface area contributed by atoms with Crippen LogP contribution in [0.25, 0.3) is 0 Å². The molecule has 0 aromatic heterocycles. The van der Waals surface area contributed by atoms with Gasteiger partial charge in [-0.05, 0) is 56.2 Å². The Bertz CT molecular complexity index is 584. The summed E-state index contributed by atoms with van der Waals surface area (Å²) in [6.45, 7) is 0.685. The lowest BCUT2D eigenvalue weighted by atomic mass is 10.1. The minimum absolute atomic E-state index is 0.0159. The molecule has 2 amide bonds. The van der Waals surface area contributed by atoms with Crippen LogP contribution in [0.1, 0.15) is 54.4 Å². The first-order chi connectivity index (χ1) is 10.7. The van der Waals surface area contributed by atoms with Crippen molar-refractivity contribution in [2.45, 2.75) is 57.2 Å². The van der Waals surface area contributed by atoms with E-state index in [1.165, 1.54) is 0 Å². The summed E-state index contributed by atoms with van der Waals surface area (Å²) in [5.74, 6) is 0.629. The largest absolute Gasteiger partial charge is 0.349 e. The molecule has 3 aliphatic rings. The van der Waals surface area contributed by atoms with Crippen LogP contribution in [0.2, 0.25) is 0 Å². The summed E-state index contributed by atoms with van der Waals surface area (Å²) in [5, 5.41) is 3.00. The van der Waals surface area contributed by atoms with E-state index < -0.39 is 0 Å². The van der Waals surface area contributed by atoms with Crippen LogP contribution in [0.15, 0.2) is 24.3 Å². The lowest BCUT2D eigenvalue weighted by Crippen LogP contribution is -2.33. The Morgan fingerprint density at radius 1 is 1.00 bits per heavy atom. The van der Waals surface area contributed by atoms with Gasteiger partial charge in [0, 0.05) is 30.1 Å². The first-order valence-corrected chi connectivity index (χ1v) is 8.41. The highest BCUT2D eigenvalue weighted by Gasteiger charge is 2.39. The van der Waals surface area contributed by atoms with E-state index in [0.29, 0.717) is 30.1 Å². The van der Waals surface area contributed by atoms with Crippen LogP contribution in [0.3, 0.4) is 0 Å². The molecule has 1 aromatic carbocycles. The molecule has 1 aromatic rings. The number of hydrogen-bond donors (Lipinski definition) is 1. The number of benzene rings is 1. The maximum absolute atomic E-state index is 12.4. The third-order valence-electron chi connectivity index (χ3n) is 4.68. The molecule has 3 aliphatic carbocycles. The summed E-state index contributed by atoms with van der Waals surface area (Å²) in [7, 11) is 0. The molecule has 4 nitrogen and oxygen atoms in total. The van der Waals surface area contributed by atoms with Crippen LogP contribution in [0.5, 0.6) is 0 Å². The second-order valence-electron chi connectivity index (χ2n) is 6.92. The smallest absolute Gasteiger partial charge is 0.251 e. The highest BCUT2D eigenvalue weighted by Crippen LogP contribution is 2.36. The molecular formula is C18H22N2O2. The van der Waals surface area contributed by atoms with E-state index in [1.807, 2.05) is 24.3 Å². The van der Waals surface area contributed by atoms with Crippen LogP contribution < -0.4 is 5.32 Å². The summed E-state index contributed by atoms with van der Waals surface area (Å²) in [6, 6.07) is 8.55. The molecule has 0 atom stereocenters. The number of amides is 2. The van der Waals surface area contributed by atoms with Gasteiger partial charge in [0.05, 0.1) is 0 Å². The average Bonchev–Trinajstić information content (AvgIpc) is 3.40. The zero-order chi connectivity index (χ0) is 15.1. The Hall–Kier alpha value is -1.84. The van der Waals surface area contributed by atoms with Gasteiger partial charge in [-0.25, -0.2) is 0 Å². The van der Waals surface area contributed by atoms with Gasteiger partial charge in [-0.15, -0.1) is 0 Å². The maximum Gasteiger partial charge on any atom is 0.251 e. The van der Waals surface area contributed by atoms with Gasteiger partial charge in [0.25, 0.3) is 5.91 Å². The lowest BCUT2D eigenvalue weighted by Gasteiger charge is -2.22.